The molecular weight excluding hydrogens is 379 g/mol. The number of nitrogens with one attached hydrogen (secondary N) is 1. The molecular formula is C18H14F3N3O2S. The van der Waals surface area contributed by atoms with Crippen molar-refractivity contribution in [2.75, 3.05) is 0 Å². The van der Waals surface area contributed by atoms with Crippen molar-refractivity contribution in [1.29, 1.82) is 0 Å². The van der Waals surface area contributed by atoms with E-state index in [1.165, 1.54) is 29.5 Å². The van der Waals surface area contributed by atoms with Gasteiger partial charge >= 0.3 is 6.18 Å². The average molecular weight is 393 g/mol. The molecule has 0 spiro atoms. The zero-order valence-electron chi connectivity index (χ0n) is 13.9. The number of thiophene rings is 1. The number of halogens is 3. The van der Waals surface area contributed by atoms with Gasteiger partial charge in [-0.05, 0) is 37.1 Å². The summed E-state index contributed by atoms with van der Waals surface area (Å²) in [6.45, 7) is 0.404. The van der Waals surface area contributed by atoms with E-state index in [9.17, 15) is 18.0 Å². The molecule has 3 aromatic rings. The molecule has 1 aliphatic rings. The molecule has 2 heterocycles. The Labute approximate surface area is 156 Å². The van der Waals surface area contributed by atoms with Crippen LogP contribution in [0.3, 0.4) is 0 Å². The third-order valence-electron chi connectivity index (χ3n) is 4.16. The maximum atomic E-state index is 13.2. The third-order valence-corrected chi connectivity index (χ3v) is 5.24. The van der Waals surface area contributed by atoms with Gasteiger partial charge in [0.05, 0.1) is 22.5 Å². The Morgan fingerprint density at radius 3 is 2.74 bits per heavy atom. The molecule has 1 fully saturated rings. The van der Waals surface area contributed by atoms with E-state index < -0.39 is 11.7 Å². The van der Waals surface area contributed by atoms with Crippen LogP contribution in [0.25, 0.3) is 22.2 Å². The van der Waals surface area contributed by atoms with Gasteiger partial charge in [0.2, 0.25) is 11.7 Å². The molecule has 4 rings (SSSR count). The van der Waals surface area contributed by atoms with Crippen molar-refractivity contribution < 1.29 is 22.5 Å². The lowest BCUT2D eigenvalue weighted by atomic mass is 10.1. The van der Waals surface area contributed by atoms with Crippen molar-refractivity contribution in [1.82, 2.24) is 15.5 Å². The summed E-state index contributed by atoms with van der Waals surface area (Å²) in [4.78, 5) is 17.4. The Morgan fingerprint density at radius 1 is 1.22 bits per heavy atom. The smallest absolute Gasteiger partial charge is 0.351 e. The minimum absolute atomic E-state index is 0.0514. The second kappa shape index (κ2) is 6.80. The standard InChI is InChI=1S/C18H14F3N3O2S/c19-18(20,21)13-4-2-1-3-12(13)17-23-15(24-26-17)14-8-7-11(27-14)9-22-16(25)10-5-6-10/h1-4,7-8,10H,5-6,9H2,(H,22,25). The van der Waals surface area contributed by atoms with Gasteiger partial charge < -0.3 is 9.84 Å². The van der Waals surface area contributed by atoms with Gasteiger partial charge in [0.1, 0.15) is 0 Å². The van der Waals surface area contributed by atoms with Crippen LogP contribution in [0, 0.1) is 5.92 Å². The highest BCUT2D eigenvalue weighted by molar-refractivity contribution is 7.15. The fourth-order valence-corrected chi connectivity index (χ4v) is 3.48. The molecule has 1 aliphatic carbocycles. The second-order valence-electron chi connectivity index (χ2n) is 6.22. The van der Waals surface area contributed by atoms with Crippen molar-refractivity contribution in [2.24, 2.45) is 5.92 Å². The van der Waals surface area contributed by atoms with E-state index in [-0.39, 0.29) is 29.1 Å². The number of rotatable bonds is 5. The van der Waals surface area contributed by atoms with Gasteiger partial charge in [0.25, 0.3) is 5.89 Å². The van der Waals surface area contributed by atoms with Gasteiger partial charge in [-0.25, -0.2) is 0 Å². The first-order valence-electron chi connectivity index (χ1n) is 8.29. The maximum absolute atomic E-state index is 13.2. The number of carbonyl (C=O) groups is 1. The number of hydrogen-bond donors (Lipinski definition) is 1. The molecule has 27 heavy (non-hydrogen) atoms. The van der Waals surface area contributed by atoms with Gasteiger partial charge in [-0.2, -0.15) is 18.2 Å². The van der Waals surface area contributed by atoms with Crippen molar-refractivity contribution in [3.63, 3.8) is 0 Å². The number of carbonyl (C=O) groups excluding carboxylic acids is 1. The molecule has 1 aromatic carbocycles. The molecule has 0 bridgehead atoms. The van der Waals surface area contributed by atoms with E-state index >= 15 is 0 Å². The van der Waals surface area contributed by atoms with Crippen molar-refractivity contribution >= 4 is 17.2 Å². The Bertz CT molecular complexity index is 976. The van der Waals surface area contributed by atoms with Crippen LogP contribution in [0.4, 0.5) is 13.2 Å². The fraction of sp³-hybridized carbons (Fsp3) is 0.278. The van der Waals surface area contributed by atoms with Gasteiger partial charge in [-0.3, -0.25) is 4.79 Å². The summed E-state index contributed by atoms with van der Waals surface area (Å²) in [5.74, 6) is 0.218. The quantitative estimate of drug-likeness (QED) is 0.693. The van der Waals surface area contributed by atoms with E-state index in [1.807, 2.05) is 6.07 Å². The number of alkyl halides is 3. The van der Waals surface area contributed by atoms with E-state index in [4.69, 9.17) is 4.52 Å². The molecule has 1 saturated carbocycles. The Balaban J connectivity index is 1.53. The first-order valence-corrected chi connectivity index (χ1v) is 9.10. The Hall–Kier alpha value is -2.68. The summed E-state index contributed by atoms with van der Waals surface area (Å²) < 4.78 is 44.5. The zero-order chi connectivity index (χ0) is 19.0. The molecule has 0 unspecified atom stereocenters. The van der Waals surface area contributed by atoms with Gasteiger partial charge in [0, 0.05) is 10.8 Å². The minimum atomic E-state index is -4.51. The second-order valence-corrected chi connectivity index (χ2v) is 7.39. The highest BCUT2D eigenvalue weighted by atomic mass is 32.1. The predicted molar refractivity (Wildman–Crippen MR) is 92.6 cm³/mol. The molecule has 1 amide bonds. The number of aromatic nitrogens is 2. The lowest BCUT2D eigenvalue weighted by molar-refractivity contribution is -0.137. The lowest BCUT2D eigenvalue weighted by Gasteiger charge is -2.09. The Kier molecular flexibility index (Phi) is 4.47. The van der Waals surface area contributed by atoms with Gasteiger partial charge in [-0.1, -0.05) is 17.3 Å². The van der Waals surface area contributed by atoms with Gasteiger partial charge in [-0.15, -0.1) is 11.3 Å². The maximum Gasteiger partial charge on any atom is 0.417 e. The molecule has 0 radical (unpaired) electrons. The van der Waals surface area contributed by atoms with Crippen LogP contribution in [0.15, 0.2) is 40.9 Å². The zero-order valence-corrected chi connectivity index (χ0v) is 14.7. The van der Waals surface area contributed by atoms with E-state index in [0.29, 0.717) is 11.4 Å². The molecule has 0 saturated heterocycles. The predicted octanol–water partition coefficient (Wildman–Crippen LogP) is 4.51. The minimum Gasteiger partial charge on any atom is -0.351 e. The molecule has 5 nitrogen and oxygen atoms in total. The van der Waals surface area contributed by atoms with Crippen LogP contribution in [0.1, 0.15) is 23.3 Å². The van der Waals surface area contributed by atoms with Crippen LogP contribution in [-0.4, -0.2) is 16.0 Å². The topological polar surface area (TPSA) is 68.0 Å². The summed E-state index contributed by atoms with van der Waals surface area (Å²) >= 11 is 1.36. The van der Waals surface area contributed by atoms with Crippen LogP contribution < -0.4 is 5.32 Å². The monoisotopic (exact) mass is 393 g/mol. The highest BCUT2D eigenvalue weighted by Crippen LogP contribution is 2.37. The number of hydrogen-bond acceptors (Lipinski definition) is 5. The SMILES string of the molecule is O=C(NCc1ccc(-c2noc(-c3ccccc3C(F)(F)F)n2)s1)C1CC1. The third kappa shape index (κ3) is 3.87. The summed E-state index contributed by atoms with van der Waals surface area (Å²) in [5.41, 5.74) is -0.980. The highest BCUT2D eigenvalue weighted by Gasteiger charge is 2.35. The average Bonchev–Trinajstić information content (AvgIpc) is 3.19. The van der Waals surface area contributed by atoms with Crippen molar-refractivity contribution in [3.8, 4) is 22.2 Å². The first kappa shape index (κ1) is 17.7. The fourth-order valence-electron chi connectivity index (χ4n) is 2.61. The van der Waals surface area contributed by atoms with E-state index in [0.717, 1.165) is 23.8 Å². The molecule has 0 atom stereocenters. The van der Waals surface area contributed by atoms with E-state index in [1.54, 1.807) is 6.07 Å². The van der Waals surface area contributed by atoms with Crippen molar-refractivity contribution in [3.05, 3.63) is 46.8 Å². The summed E-state index contributed by atoms with van der Waals surface area (Å²) in [6.07, 6.45) is -2.64. The first-order chi connectivity index (χ1) is 12.9. The van der Waals surface area contributed by atoms with Crippen LogP contribution in [0.5, 0.6) is 0 Å². The van der Waals surface area contributed by atoms with Crippen LogP contribution in [0.2, 0.25) is 0 Å². The Morgan fingerprint density at radius 2 is 2.00 bits per heavy atom. The molecule has 2 aromatic heterocycles. The molecule has 9 heteroatoms. The summed E-state index contributed by atoms with van der Waals surface area (Å²) in [6, 6.07) is 8.66. The largest absolute Gasteiger partial charge is 0.417 e. The van der Waals surface area contributed by atoms with Crippen LogP contribution >= 0.6 is 11.3 Å². The van der Waals surface area contributed by atoms with Gasteiger partial charge in [0.15, 0.2) is 0 Å². The molecule has 1 N–H and O–H groups in total. The lowest BCUT2D eigenvalue weighted by Crippen LogP contribution is -2.23. The number of amides is 1. The normalized spacial score (nSPS) is 14.3. The summed E-state index contributed by atoms with van der Waals surface area (Å²) in [7, 11) is 0. The number of nitrogens with zero attached hydrogens (tertiary/aromatic N) is 2. The summed E-state index contributed by atoms with van der Waals surface area (Å²) in [5, 5.41) is 6.67. The van der Waals surface area contributed by atoms with Crippen molar-refractivity contribution in [2.45, 2.75) is 25.6 Å². The molecule has 0 aliphatic heterocycles. The number of benzene rings is 1. The van der Waals surface area contributed by atoms with Crippen LogP contribution in [-0.2, 0) is 17.5 Å². The van der Waals surface area contributed by atoms with E-state index in [2.05, 4.69) is 15.5 Å². The molecule has 140 valence electrons.